The summed E-state index contributed by atoms with van der Waals surface area (Å²) in [7, 11) is -2.76. The van der Waals surface area contributed by atoms with Crippen LogP contribution in [0.3, 0.4) is 0 Å². The van der Waals surface area contributed by atoms with E-state index in [1.165, 1.54) is 7.11 Å². The highest BCUT2D eigenvalue weighted by atomic mass is 32.2. The van der Waals surface area contributed by atoms with Crippen LogP contribution in [0, 0.1) is 20.8 Å². The van der Waals surface area contributed by atoms with Crippen molar-refractivity contribution in [2.45, 2.75) is 44.7 Å². The summed E-state index contributed by atoms with van der Waals surface area (Å²) in [5, 5.41) is 11.4. The average molecular weight is 584 g/mol. The summed E-state index contributed by atoms with van der Waals surface area (Å²) in [6.45, 7) is 5.08. The van der Waals surface area contributed by atoms with Crippen molar-refractivity contribution in [2.24, 2.45) is 0 Å². The number of hydrogen-bond acceptors (Lipinski definition) is 5. The number of benzene rings is 4. The van der Waals surface area contributed by atoms with Crippen molar-refractivity contribution in [2.75, 3.05) is 7.11 Å². The van der Waals surface area contributed by atoms with Gasteiger partial charge in [0.05, 0.1) is 12.0 Å². The molecular formula is C34H33NO6S. The van der Waals surface area contributed by atoms with Gasteiger partial charge in [-0.2, -0.15) is 4.31 Å². The number of fused-ring (bicyclic) bond motifs is 1. The Hall–Kier alpha value is -4.40. The number of carbonyl (C=O) groups is 1. The van der Waals surface area contributed by atoms with Crippen LogP contribution in [-0.2, 0) is 27.8 Å². The first-order valence-electron chi connectivity index (χ1n) is 13.6. The van der Waals surface area contributed by atoms with Gasteiger partial charge in [-0.15, -0.1) is 0 Å². The fourth-order valence-corrected chi connectivity index (χ4v) is 7.45. The van der Waals surface area contributed by atoms with Crippen molar-refractivity contribution in [3.05, 3.63) is 119 Å². The van der Waals surface area contributed by atoms with Crippen LogP contribution in [0.5, 0.6) is 5.75 Å². The van der Waals surface area contributed by atoms with Crippen molar-refractivity contribution >= 4 is 27.0 Å². The molecule has 1 heterocycles. The Morgan fingerprint density at radius 3 is 2.26 bits per heavy atom. The maximum atomic E-state index is 14.5. The van der Waals surface area contributed by atoms with E-state index in [0.717, 1.165) is 26.4 Å². The molecule has 0 saturated heterocycles. The highest BCUT2D eigenvalue weighted by molar-refractivity contribution is 7.89. The van der Waals surface area contributed by atoms with Gasteiger partial charge in [0.25, 0.3) is 0 Å². The summed E-state index contributed by atoms with van der Waals surface area (Å²) in [4.78, 5) is 12.9. The van der Waals surface area contributed by atoms with E-state index in [1.54, 1.807) is 45.0 Å². The Labute approximate surface area is 246 Å². The number of methoxy groups -OCH3 is 1. The second kappa shape index (κ2) is 11.8. The molecule has 0 fully saturated rings. The summed E-state index contributed by atoms with van der Waals surface area (Å²) in [6, 6.07) is 26.4. The molecule has 5 aromatic rings. The number of carboxylic acid groups (broad SMARTS) is 1. The van der Waals surface area contributed by atoms with Crippen molar-refractivity contribution in [3.8, 4) is 17.1 Å². The third-order valence-corrected chi connectivity index (χ3v) is 9.79. The molecule has 1 N–H and O–H groups in total. The minimum Gasteiger partial charge on any atom is -0.496 e. The molecule has 0 aliphatic heterocycles. The molecule has 7 nitrogen and oxygen atoms in total. The highest BCUT2D eigenvalue weighted by Gasteiger charge is 2.38. The Morgan fingerprint density at radius 2 is 1.57 bits per heavy atom. The normalized spacial score (nSPS) is 12.5. The van der Waals surface area contributed by atoms with Crippen LogP contribution in [0.2, 0.25) is 0 Å². The first-order chi connectivity index (χ1) is 20.1. The number of hydrogen-bond donors (Lipinski definition) is 1. The van der Waals surface area contributed by atoms with Crippen molar-refractivity contribution in [3.63, 3.8) is 0 Å². The lowest BCUT2D eigenvalue weighted by Gasteiger charge is -2.30. The van der Waals surface area contributed by atoms with Crippen LogP contribution in [-0.4, -0.2) is 37.0 Å². The molecule has 42 heavy (non-hydrogen) atoms. The second-order valence-electron chi connectivity index (χ2n) is 10.4. The quantitative estimate of drug-likeness (QED) is 0.192. The van der Waals surface area contributed by atoms with Gasteiger partial charge >= 0.3 is 5.97 Å². The van der Waals surface area contributed by atoms with E-state index in [0.29, 0.717) is 33.8 Å². The minimum atomic E-state index is -4.30. The van der Waals surface area contributed by atoms with Crippen LogP contribution in [0.15, 0.2) is 100 Å². The van der Waals surface area contributed by atoms with Crippen molar-refractivity contribution < 1.29 is 27.5 Å². The number of nitrogens with zero attached hydrogens (tertiary/aromatic N) is 1. The van der Waals surface area contributed by atoms with E-state index in [9.17, 15) is 18.3 Å². The predicted molar refractivity (Wildman–Crippen MR) is 163 cm³/mol. The zero-order valence-electron chi connectivity index (χ0n) is 24.0. The maximum Gasteiger partial charge on any atom is 0.322 e. The predicted octanol–water partition coefficient (Wildman–Crippen LogP) is 6.92. The molecular weight excluding hydrogens is 550 g/mol. The van der Waals surface area contributed by atoms with Gasteiger partial charge in [0.1, 0.15) is 23.1 Å². The fourth-order valence-electron chi connectivity index (χ4n) is 5.39. The van der Waals surface area contributed by atoms with Crippen LogP contribution in [0.25, 0.3) is 22.3 Å². The molecule has 0 aliphatic carbocycles. The molecule has 0 amide bonds. The topological polar surface area (TPSA) is 97.1 Å². The molecule has 1 atom stereocenters. The lowest BCUT2D eigenvalue weighted by molar-refractivity contribution is -0.141. The van der Waals surface area contributed by atoms with Crippen molar-refractivity contribution in [1.82, 2.24) is 4.31 Å². The number of rotatable bonds is 10. The number of carboxylic acids is 1. The lowest BCUT2D eigenvalue weighted by Crippen LogP contribution is -2.46. The molecule has 4 aromatic carbocycles. The van der Waals surface area contributed by atoms with Gasteiger partial charge < -0.3 is 14.3 Å². The Balaban J connectivity index is 1.62. The highest BCUT2D eigenvalue weighted by Crippen LogP contribution is 2.35. The molecule has 0 radical (unpaired) electrons. The first-order valence-corrected chi connectivity index (χ1v) is 15.1. The minimum absolute atomic E-state index is 0.00585. The third-order valence-electron chi connectivity index (χ3n) is 7.65. The molecule has 0 unspecified atom stereocenters. The summed E-state index contributed by atoms with van der Waals surface area (Å²) in [5.41, 5.74) is 4.57. The summed E-state index contributed by atoms with van der Waals surface area (Å²) in [5.74, 6) is -0.00601. The van der Waals surface area contributed by atoms with Gasteiger partial charge in [-0.3, -0.25) is 4.79 Å². The molecule has 5 rings (SSSR count). The summed E-state index contributed by atoms with van der Waals surface area (Å²) >= 11 is 0. The second-order valence-corrected chi connectivity index (χ2v) is 12.2. The molecule has 0 saturated carbocycles. The van der Waals surface area contributed by atoms with Crippen molar-refractivity contribution in [1.29, 1.82) is 0 Å². The standard InChI is InChI=1S/C34H33NO6S/c1-22-17-31(40-4)23(2)24(3)33(22)42(38,39)35(29(34(36)37)19-25-11-6-5-7-12-25)21-26-13-10-15-27(18-26)32-20-28-14-8-9-16-30(28)41-32/h5-18,20,29H,19,21H2,1-4H3,(H,36,37)/t29-/m1/s1. The van der Waals surface area contributed by atoms with E-state index in [-0.39, 0.29) is 17.9 Å². The monoisotopic (exact) mass is 583 g/mol. The van der Waals surface area contributed by atoms with Gasteiger partial charge in [-0.1, -0.05) is 66.7 Å². The smallest absolute Gasteiger partial charge is 0.322 e. The van der Waals surface area contributed by atoms with E-state index < -0.39 is 22.0 Å². The Bertz CT molecular complexity index is 1830. The van der Waals surface area contributed by atoms with Crippen LogP contribution < -0.4 is 4.74 Å². The average Bonchev–Trinajstić information content (AvgIpc) is 3.42. The van der Waals surface area contributed by atoms with Gasteiger partial charge in [-0.05, 0) is 79.3 Å². The Morgan fingerprint density at radius 1 is 0.881 bits per heavy atom. The Kier molecular flexibility index (Phi) is 8.20. The fraction of sp³-hybridized carbons (Fsp3) is 0.206. The first kappa shape index (κ1) is 29.1. The van der Waals surface area contributed by atoms with E-state index in [1.807, 2.05) is 66.7 Å². The van der Waals surface area contributed by atoms with Gasteiger partial charge in [0.15, 0.2) is 0 Å². The summed E-state index contributed by atoms with van der Waals surface area (Å²) in [6.07, 6.45) is 0.00585. The van der Waals surface area contributed by atoms with E-state index in [4.69, 9.17) is 9.15 Å². The van der Waals surface area contributed by atoms with E-state index >= 15 is 0 Å². The molecule has 0 spiro atoms. The molecule has 1 aromatic heterocycles. The summed E-state index contributed by atoms with van der Waals surface area (Å²) < 4.78 is 41.7. The number of para-hydroxylation sites is 1. The van der Waals surface area contributed by atoms with Crippen LogP contribution in [0.1, 0.15) is 27.8 Å². The number of aliphatic carboxylic acids is 1. The van der Waals surface area contributed by atoms with Gasteiger partial charge in [0.2, 0.25) is 10.0 Å². The molecule has 8 heteroatoms. The zero-order valence-corrected chi connectivity index (χ0v) is 24.8. The number of furan rings is 1. The van der Waals surface area contributed by atoms with Gasteiger partial charge in [0, 0.05) is 17.5 Å². The SMILES string of the molecule is COc1cc(C)c(S(=O)(=O)N(Cc2cccc(-c3cc4ccccc4o3)c2)[C@H](Cc2ccccc2)C(=O)O)c(C)c1C. The van der Waals surface area contributed by atoms with Crippen LogP contribution in [0.4, 0.5) is 0 Å². The number of sulfonamides is 1. The zero-order chi connectivity index (χ0) is 30.0. The number of aryl methyl sites for hydroxylation is 1. The number of ether oxygens (including phenoxy) is 1. The molecule has 216 valence electrons. The van der Waals surface area contributed by atoms with Crippen LogP contribution >= 0.6 is 0 Å². The molecule has 0 bridgehead atoms. The lowest BCUT2D eigenvalue weighted by atomic mass is 10.0. The van der Waals surface area contributed by atoms with Gasteiger partial charge in [-0.25, -0.2) is 8.42 Å². The maximum absolute atomic E-state index is 14.5. The largest absolute Gasteiger partial charge is 0.496 e. The third kappa shape index (κ3) is 5.68. The van der Waals surface area contributed by atoms with E-state index in [2.05, 4.69) is 0 Å². The molecule has 0 aliphatic rings.